The predicted octanol–water partition coefficient (Wildman–Crippen LogP) is 2.24. The van der Waals surface area contributed by atoms with Crippen LogP contribution in [0.2, 0.25) is 0 Å². The summed E-state index contributed by atoms with van der Waals surface area (Å²) in [5.74, 6) is 0.771. The lowest BCUT2D eigenvalue weighted by atomic mass is 10.1. The Morgan fingerprint density at radius 1 is 1.25 bits per heavy atom. The van der Waals surface area contributed by atoms with Gasteiger partial charge in [0.2, 0.25) is 0 Å². The SMILES string of the molecule is CC(C)Oc1cccc(-c2cc(C(C)N)c(=O)[nH]n2)c1. The first-order valence-electron chi connectivity index (χ1n) is 6.59. The Hall–Kier alpha value is -2.14. The molecule has 0 radical (unpaired) electrons. The van der Waals surface area contributed by atoms with Gasteiger partial charge in [0.15, 0.2) is 0 Å². The Kier molecular flexibility index (Phi) is 4.20. The number of rotatable bonds is 4. The quantitative estimate of drug-likeness (QED) is 0.895. The van der Waals surface area contributed by atoms with Gasteiger partial charge >= 0.3 is 0 Å². The van der Waals surface area contributed by atoms with Gasteiger partial charge in [-0.25, -0.2) is 5.10 Å². The molecule has 2 aromatic rings. The molecule has 5 heteroatoms. The number of nitrogens with zero attached hydrogens (tertiary/aromatic N) is 1. The van der Waals surface area contributed by atoms with Crippen LogP contribution in [0.4, 0.5) is 0 Å². The average Bonchev–Trinajstić information content (AvgIpc) is 2.38. The zero-order valence-corrected chi connectivity index (χ0v) is 11.9. The lowest BCUT2D eigenvalue weighted by Crippen LogP contribution is -2.20. The maximum absolute atomic E-state index is 11.6. The average molecular weight is 273 g/mol. The molecule has 0 aliphatic heterocycles. The third kappa shape index (κ3) is 3.24. The van der Waals surface area contributed by atoms with Crippen LogP contribution >= 0.6 is 0 Å². The van der Waals surface area contributed by atoms with E-state index in [9.17, 15) is 4.79 Å². The minimum Gasteiger partial charge on any atom is -0.491 e. The fourth-order valence-corrected chi connectivity index (χ4v) is 1.91. The standard InChI is InChI=1S/C15H19N3O2/c1-9(2)20-12-6-4-5-11(7-12)14-8-13(10(3)16)15(19)18-17-14/h4-10H,16H2,1-3H3,(H,18,19). The summed E-state index contributed by atoms with van der Waals surface area (Å²) in [4.78, 5) is 11.6. The molecular formula is C15H19N3O2. The predicted molar refractivity (Wildman–Crippen MR) is 78.7 cm³/mol. The van der Waals surface area contributed by atoms with Crippen LogP contribution in [0, 0.1) is 0 Å². The van der Waals surface area contributed by atoms with E-state index in [-0.39, 0.29) is 17.7 Å². The second kappa shape index (κ2) is 5.88. The first kappa shape index (κ1) is 14.3. The van der Waals surface area contributed by atoms with Gasteiger partial charge in [0.25, 0.3) is 5.56 Å². The van der Waals surface area contributed by atoms with E-state index in [2.05, 4.69) is 10.2 Å². The van der Waals surface area contributed by atoms with Crippen molar-refractivity contribution >= 4 is 0 Å². The van der Waals surface area contributed by atoms with E-state index in [4.69, 9.17) is 10.5 Å². The van der Waals surface area contributed by atoms with Crippen molar-refractivity contribution < 1.29 is 4.74 Å². The Bertz CT molecular complexity index is 648. The van der Waals surface area contributed by atoms with Crippen LogP contribution in [0.5, 0.6) is 5.75 Å². The summed E-state index contributed by atoms with van der Waals surface area (Å²) in [6, 6.07) is 8.98. The highest BCUT2D eigenvalue weighted by Crippen LogP contribution is 2.23. The van der Waals surface area contributed by atoms with Gasteiger partial charge in [0, 0.05) is 17.2 Å². The van der Waals surface area contributed by atoms with Crippen molar-refractivity contribution in [3.05, 3.63) is 46.2 Å². The molecule has 0 fully saturated rings. The molecule has 106 valence electrons. The highest BCUT2D eigenvalue weighted by Gasteiger charge is 2.09. The van der Waals surface area contributed by atoms with E-state index in [0.717, 1.165) is 11.3 Å². The molecule has 0 aliphatic carbocycles. The van der Waals surface area contributed by atoms with Gasteiger partial charge in [-0.15, -0.1) is 0 Å². The first-order chi connectivity index (χ1) is 9.47. The molecular weight excluding hydrogens is 254 g/mol. The number of aromatic nitrogens is 2. The number of hydrogen-bond acceptors (Lipinski definition) is 4. The summed E-state index contributed by atoms with van der Waals surface area (Å²) in [7, 11) is 0. The van der Waals surface area contributed by atoms with E-state index in [1.165, 1.54) is 0 Å². The van der Waals surface area contributed by atoms with Crippen molar-refractivity contribution in [3.63, 3.8) is 0 Å². The molecule has 1 aromatic heterocycles. The number of hydrogen-bond donors (Lipinski definition) is 2. The van der Waals surface area contributed by atoms with Crippen molar-refractivity contribution in [3.8, 4) is 17.0 Å². The highest BCUT2D eigenvalue weighted by molar-refractivity contribution is 5.61. The van der Waals surface area contributed by atoms with E-state index in [0.29, 0.717) is 11.3 Å². The van der Waals surface area contributed by atoms with Gasteiger partial charge in [-0.3, -0.25) is 4.79 Å². The minimum absolute atomic E-state index is 0.105. The van der Waals surface area contributed by atoms with Crippen molar-refractivity contribution in [2.75, 3.05) is 0 Å². The fraction of sp³-hybridized carbons (Fsp3) is 0.333. The molecule has 1 unspecified atom stereocenters. The highest BCUT2D eigenvalue weighted by atomic mass is 16.5. The topological polar surface area (TPSA) is 81.0 Å². The number of nitrogens with one attached hydrogen (secondary N) is 1. The third-order valence-corrected chi connectivity index (χ3v) is 2.82. The summed E-state index contributed by atoms with van der Waals surface area (Å²) < 4.78 is 5.65. The van der Waals surface area contributed by atoms with E-state index in [1.54, 1.807) is 13.0 Å². The van der Waals surface area contributed by atoms with Gasteiger partial charge in [-0.2, -0.15) is 5.10 Å². The van der Waals surface area contributed by atoms with Crippen LogP contribution in [-0.2, 0) is 0 Å². The van der Waals surface area contributed by atoms with Crippen molar-refractivity contribution in [1.29, 1.82) is 0 Å². The Balaban J connectivity index is 2.41. The number of ether oxygens (including phenoxy) is 1. The lowest BCUT2D eigenvalue weighted by molar-refractivity contribution is 0.242. The van der Waals surface area contributed by atoms with Gasteiger partial charge in [0.05, 0.1) is 11.8 Å². The number of benzene rings is 1. The second-order valence-electron chi connectivity index (χ2n) is 5.02. The number of H-pyrrole nitrogens is 1. The fourth-order valence-electron chi connectivity index (χ4n) is 1.91. The van der Waals surface area contributed by atoms with Gasteiger partial charge in [0.1, 0.15) is 5.75 Å². The molecule has 0 saturated carbocycles. The summed E-state index contributed by atoms with van der Waals surface area (Å²) in [5, 5.41) is 6.55. The molecule has 0 amide bonds. The summed E-state index contributed by atoms with van der Waals surface area (Å²) in [6.07, 6.45) is 0.105. The second-order valence-corrected chi connectivity index (χ2v) is 5.02. The maximum atomic E-state index is 11.6. The monoisotopic (exact) mass is 273 g/mol. The third-order valence-electron chi connectivity index (χ3n) is 2.82. The molecule has 1 heterocycles. The van der Waals surface area contributed by atoms with Crippen LogP contribution in [0.3, 0.4) is 0 Å². The molecule has 0 saturated heterocycles. The van der Waals surface area contributed by atoms with Crippen LogP contribution in [0.25, 0.3) is 11.3 Å². The largest absolute Gasteiger partial charge is 0.491 e. The molecule has 0 spiro atoms. The zero-order chi connectivity index (χ0) is 14.7. The van der Waals surface area contributed by atoms with Gasteiger partial charge in [-0.1, -0.05) is 12.1 Å². The van der Waals surface area contributed by atoms with E-state index in [1.807, 2.05) is 38.1 Å². The van der Waals surface area contributed by atoms with E-state index < -0.39 is 0 Å². The molecule has 0 bridgehead atoms. The molecule has 0 aliphatic rings. The smallest absolute Gasteiger partial charge is 0.268 e. The molecule has 1 aromatic carbocycles. The van der Waals surface area contributed by atoms with Crippen molar-refractivity contribution in [2.45, 2.75) is 32.9 Å². The molecule has 5 nitrogen and oxygen atoms in total. The molecule has 3 N–H and O–H groups in total. The molecule has 1 atom stereocenters. The van der Waals surface area contributed by atoms with Crippen molar-refractivity contribution in [2.24, 2.45) is 5.73 Å². The van der Waals surface area contributed by atoms with Crippen LogP contribution < -0.4 is 16.0 Å². The Morgan fingerprint density at radius 2 is 2.00 bits per heavy atom. The van der Waals surface area contributed by atoms with Gasteiger partial charge in [-0.05, 0) is 39.0 Å². The normalized spacial score (nSPS) is 12.4. The van der Waals surface area contributed by atoms with Crippen LogP contribution in [0.1, 0.15) is 32.4 Å². The van der Waals surface area contributed by atoms with Gasteiger partial charge < -0.3 is 10.5 Å². The van der Waals surface area contributed by atoms with Crippen LogP contribution in [0.15, 0.2) is 35.1 Å². The summed E-state index contributed by atoms with van der Waals surface area (Å²) in [5.41, 5.74) is 7.60. The number of nitrogens with two attached hydrogens (primary N) is 1. The minimum atomic E-state index is -0.337. The van der Waals surface area contributed by atoms with Crippen LogP contribution in [-0.4, -0.2) is 16.3 Å². The Labute approximate surface area is 117 Å². The summed E-state index contributed by atoms with van der Waals surface area (Å²) in [6.45, 7) is 5.71. The molecule has 20 heavy (non-hydrogen) atoms. The number of aromatic amines is 1. The Morgan fingerprint density at radius 3 is 2.65 bits per heavy atom. The lowest BCUT2D eigenvalue weighted by Gasteiger charge is -2.11. The maximum Gasteiger partial charge on any atom is 0.268 e. The molecule has 2 rings (SSSR count). The van der Waals surface area contributed by atoms with Crippen molar-refractivity contribution in [1.82, 2.24) is 10.2 Å². The zero-order valence-electron chi connectivity index (χ0n) is 11.9. The van der Waals surface area contributed by atoms with E-state index >= 15 is 0 Å². The first-order valence-corrected chi connectivity index (χ1v) is 6.59. The summed E-state index contributed by atoms with van der Waals surface area (Å²) >= 11 is 0.